The predicted molar refractivity (Wildman–Crippen MR) is 123 cm³/mol. The van der Waals surface area contributed by atoms with Gasteiger partial charge in [-0.05, 0) is 60.8 Å². The molecule has 2 aromatic rings. The number of hydrogen-bond acceptors (Lipinski definition) is 4. The highest BCUT2D eigenvalue weighted by atomic mass is 28.4. The number of nitrogens with zero attached hydrogens (tertiary/aromatic N) is 1. The van der Waals surface area contributed by atoms with Crippen LogP contribution in [0.2, 0.25) is 18.1 Å². The molecule has 0 aliphatic rings. The molecule has 0 aliphatic carbocycles. The summed E-state index contributed by atoms with van der Waals surface area (Å²) in [5.41, 5.74) is 3.16. The van der Waals surface area contributed by atoms with Crippen LogP contribution in [-0.4, -0.2) is 33.6 Å². The maximum atomic E-state index is 6.36. The van der Waals surface area contributed by atoms with E-state index in [-0.39, 0.29) is 11.0 Å². The number of hydrogen-bond donors (Lipinski definition) is 0. The minimum absolute atomic E-state index is 0.0330. The third kappa shape index (κ3) is 6.06. The summed E-state index contributed by atoms with van der Waals surface area (Å²) in [5.74, 6) is 1.53. The Morgan fingerprint density at radius 3 is 2.41 bits per heavy atom. The molecule has 1 aromatic carbocycles. The Bertz CT molecular complexity index is 799. The van der Waals surface area contributed by atoms with Gasteiger partial charge < -0.3 is 13.9 Å². The molecule has 29 heavy (non-hydrogen) atoms. The summed E-state index contributed by atoms with van der Waals surface area (Å²) < 4.78 is 17.6. The number of benzene rings is 1. The fourth-order valence-electron chi connectivity index (χ4n) is 2.64. The van der Waals surface area contributed by atoms with Gasteiger partial charge in [-0.3, -0.25) is 4.98 Å². The largest absolute Gasteiger partial charge is 0.493 e. The topological polar surface area (TPSA) is 40.6 Å². The Morgan fingerprint density at radius 2 is 1.79 bits per heavy atom. The first-order valence-electron chi connectivity index (χ1n) is 10.3. The van der Waals surface area contributed by atoms with Crippen LogP contribution < -0.4 is 9.47 Å². The number of rotatable bonds is 9. The Hall–Kier alpha value is -1.85. The van der Waals surface area contributed by atoms with Gasteiger partial charge in [-0.2, -0.15) is 0 Å². The van der Waals surface area contributed by atoms with Crippen molar-refractivity contribution in [1.29, 1.82) is 0 Å². The lowest BCUT2D eigenvalue weighted by atomic mass is 9.99. The summed E-state index contributed by atoms with van der Waals surface area (Å²) in [5, 5.41) is 0.185. The van der Waals surface area contributed by atoms with E-state index in [0.717, 1.165) is 34.6 Å². The van der Waals surface area contributed by atoms with E-state index in [9.17, 15) is 0 Å². The first-order chi connectivity index (χ1) is 13.6. The fourth-order valence-corrected chi connectivity index (χ4v) is 3.69. The summed E-state index contributed by atoms with van der Waals surface area (Å²) in [4.78, 5) is 4.45. The second kappa shape index (κ2) is 9.77. The van der Waals surface area contributed by atoms with Crippen molar-refractivity contribution in [2.24, 2.45) is 0 Å². The van der Waals surface area contributed by atoms with Crippen molar-refractivity contribution in [2.75, 3.05) is 20.3 Å². The molecule has 159 valence electrons. The van der Waals surface area contributed by atoms with Gasteiger partial charge in [0.15, 0.2) is 19.8 Å². The zero-order valence-corrected chi connectivity index (χ0v) is 20.0. The van der Waals surface area contributed by atoms with E-state index in [1.165, 1.54) is 0 Å². The zero-order chi connectivity index (χ0) is 21.7. The van der Waals surface area contributed by atoms with E-state index in [2.05, 4.69) is 58.8 Å². The summed E-state index contributed by atoms with van der Waals surface area (Å²) in [6.45, 7) is 19.0. The van der Waals surface area contributed by atoms with Gasteiger partial charge in [-0.1, -0.05) is 33.8 Å². The van der Waals surface area contributed by atoms with Gasteiger partial charge in [-0.25, -0.2) is 0 Å². The van der Waals surface area contributed by atoms with Crippen molar-refractivity contribution in [3.05, 3.63) is 49.1 Å². The Morgan fingerprint density at radius 1 is 1.07 bits per heavy atom. The third-order valence-corrected chi connectivity index (χ3v) is 10.1. The van der Waals surface area contributed by atoms with Crippen LogP contribution in [0.3, 0.4) is 0 Å². The molecular weight excluding hydrogens is 378 g/mol. The molecule has 0 fully saturated rings. The average Bonchev–Trinajstić information content (AvgIpc) is 2.69. The van der Waals surface area contributed by atoms with Crippen LogP contribution in [-0.2, 0) is 4.43 Å². The van der Waals surface area contributed by atoms with E-state index in [0.29, 0.717) is 13.2 Å². The van der Waals surface area contributed by atoms with Gasteiger partial charge in [0.2, 0.25) is 0 Å². The smallest absolute Gasteiger partial charge is 0.192 e. The van der Waals surface area contributed by atoms with Gasteiger partial charge in [0.05, 0.1) is 13.7 Å². The number of aromatic nitrogens is 1. The minimum atomic E-state index is -1.80. The highest BCUT2D eigenvalue weighted by Gasteiger charge is 2.37. The highest BCUT2D eigenvalue weighted by Crippen LogP contribution is 2.37. The van der Waals surface area contributed by atoms with E-state index < -0.39 is 8.32 Å². The predicted octanol–water partition coefficient (Wildman–Crippen LogP) is 6.49. The third-order valence-electron chi connectivity index (χ3n) is 5.64. The minimum Gasteiger partial charge on any atom is -0.493 e. The molecule has 0 saturated carbocycles. The number of pyridine rings is 1. The van der Waals surface area contributed by atoms with Crippen molar-refractivity contribution < 1.29 is 13.9 Å². The van der Waals surface area contributed by atoms with Crippen LogP contribution in [0.15, 0.2) is 36.7 Å². The first-order valence-corrected chi connectivity index (χ1v) is 13.2. The van der Waals surface area contributed by atoms with Crippen molar-refractivity contribution in [1.82, 2.24) is 4.98 Å². The van der Waals surface area contributed by atoms with Gasteiger partial charge in [-0.15, -0.1) is 0 Å². The first kappa shape index (κ1) is 23.4. The second-order valence-corrected chi connectivity index (χ2v) is 13.8. The molecule has 0 unspecified atom stereocenters. The summed E-state index contributed by atoms with van der Waals surface area (Å²) in [6, 6.07) is 8.13. The molecule has 1 atom stereocenters. The maximum Gasteiger partial charge on any atom is 0.192 e. The molecule has 1 heterocycles. The van der Waals surface area contributed by atoms with Crippen molar-refractivity contribution >= 4 is 8.32 Å². The SMILES string of the molecule is [CH2][C@H](CO[Si](C)(C)C(C)(C)C)c1cncc(-c2ccc(OC)c(OCCC)c2)c1. The Labute approximate surface area is 177 Å². The van der Waals surface area contributed by atoms with Gasteiger partial charge >= 0.3 is 0 Å². The molecule has 1 radical (unpaired) electrons. The molecule has 0 bridgehead atoms. The monoisotopic (exact) mass is 414 g/mol. The van der Waals surface area contributed by atoms with Crippen LogP contribution in [0.25, 0.3) is 11.1 Å². The van der Waals surface area contributed by atoms with E-state index in [4.69, 9.17) is 13.9 Å². The molecule has 4 nitrogen and oxygen atoms in total. The molecule has 1 aromatic heterocycles. The fraction of sp³-hybridized carbons (Fsp3) is 0.500. The summed E-state index contributed by atoms with van der Waals surface area (Å²) >= 11 is 0. The van der Waals surface area contributed by atoms with Crippen molar-refractivity contribution in [3.8, 4) is 22.6 Å². The molecule has 0 amide bonds. The standard InChI is InChI=1S/C24H36NO3Si/c1-9-12-27-23-14-19(10-11-22(23)26-6)21-13-20(15-25-16-21)18(2)17-28-29(7,8)24(3,4)5/h10-11,13-16,18H,2,9,12,17H2,1,3-8H3/t18-/m1/s1. The van der Waals surface area contributed by atoms with Crippen LogP contribution in [0.1, 0.15) is 45.6 Å². The van der Waals surface area contributed by atoms with Gasteiger partial charge in [0, 0.05) is 30.5 Å². The lowest BCUT2D eigenvalue weighted by molar-refractivity contribution is 0.277. The highest BCUT2D eigenvalue weighted by molar-refractivity contribution is 6.74. The number of methoxy groups -OCH3 is 1. The molecule has 5 heteroatoms. The van der Waals surface area contributed by atoms with Crippen LogP contribution in [0, 0.1) is 6.92 Å². The quantitative estimate of drug-likeness (QED) is 0.440. The van der Waals surface area contributed by atoms with E-state index >= 15 is 0 Å². The molecular formula is C24H36NO3Si. The van der Waals surface area contributed by atoms with E-state index in [1.807, 2.05) is 30.6 Å². The molecule has 0 aliphatic heterocycles. The van der Waals surface area contributed by atoms with Gasteiger partial charge in [0.25, 0.3) is 0 Å². The normalized spacial score (nSPS) is 13.2. The summed E-state index contributed by atoms with van der Waals surface area (Å²) in [6.07, 6.45) is 4.70. The second-order valence-electron chi connectivity index (χ2n) is 8.99. The zero-order valence-electron chi connectivity index (χ0n) is 19.0. The van der Waals surface area contributed by atoms with Crippen molar-refractivity contribution in [2.45, 2.75) is 58.2 Å². The van der Waals surface area contributed by atoms with Crippen molar-refractivity contribution in [3.63, 3.8) is 0 Å². The Kier molecular flexibility index (Phi) is 7.89. The molecule has 2 rings (SSSR count). The summed E-state index contributed by atoms with van der Waals surface area (Å²) in [7, 11) is -0.141. The molecule has 0 saturated heterocycles. The van der Waals surface area contributed by atoms with Crippen LogP contribution in [0.4, 0.5) is 0 Å². The average molecular weight is 415 g/mol. The number of ether oxygens (including phenoxy) is 2. The van der Waals surface area contributed by atoms with Gasteiger partial charge in [0.1, 0.15) is 0 Å². The lowest BCUT2D eigenvalue weighted by Crippen LogP contribution is -2.41. The van der Waals surface area contributed by atoms with Crippen LogP contribution >= 0.6 is 0 Å². The lowest BCUT2D eigenvalue weighted by Gasteiger charge is -2.37. The Balaban J connectivity index is 2.20. The maximum absolute atomic E-state index is 6.36. The van der Waals surface area contributed by atoms with Crippen LogP contribution in [0.5, 0.6) is 11.5 Å². The molecule has 0 spiro atoms. The molecule has 0 N–H and O–H groups in total. The van der Waals surface area contributed by atoms with E-state index in [1.54, 1.807) is 7.11 Å².